The highest BCUT2D eigenvalue weighted by Gasteiger charge is 2.36. The summed E-state index contributed by atoms with van der Waals surface area (Å²) in [6, 6.07) is 6.78. The fourth-order valence-corrected chi connectivity index (χ4v) is 2.87. The van der Waals surface area contributed by atoms with Crippen molar-refractivity contribution in [2.45, 2.75) is 13.3 Å². The van der Waals surface area contributed by atoms with Crippen molar-refractivity contribution >= 4 is 34.9 Å². The van der Waals surface area contributed by atoms with Gasteiger partial charge in [0.05, 0.1) is 18.7 Å². The number of amides is 2. The van der Waals surface area contributed by atoms with Crippen molar-refractivity contribution in [3.63, 3.8) is 0 Å². The Kier molecular flexibility index (Phi) is 4.44. The van der Waals surface area contributed by atoms with E-state index in [9.17, 15) is 9.59 Å². The zero-order chi connectivity index (χ0) is 17.3. The Balaban J connectivity index is 1.76. The number of hydrogen-bond acceptors (Lipinski definition) is 4. The van der Waals surface area contributed by atoms with Crippen LogP contribution >= 0.6 is 11.6 Å². The standard InChI is InChI=1S/C16H17ClN4O3/c1-9-5-14(20-19-9)18-16(23)10-6-15(22)21(8-10)12-7-11(17)3-4-13(12)24-2/h3-5,7,10H,6,8H2,1-2H3,(H2,18,19,20,23). The van der Waals surface area contributed by atoms with Crippen LogP contribution in [0.5, 0.6) is 5.75 Å². The number of benzene rings is 1. The molecule has 2 aromatic rings. The fourth-order valence-electron chi connectivity index (χ4n) is 2.70. The van der Waals surface area contributed by atoms with Crippen LogP contribution in [0.1, 0.15) is 12.1 Å². The Morgan fingerprint density at radius 2 is 2.25 bits per heavy atom. The highest BCUT2D eigenvalue weighted by molar-refractivity contribution is 6.31. The number of H-pyrrole nitrogens is 1. The van der Waals surface area contributed by atoms with Crippen molar-refractivity contribution in [3.05, 3.63) is 35.0 Å². The predicted molar refractivity (Wildman–Crippen MR) is 90.4 cm³/mol. The van der Waals surface area contributed by atoms with E-state index in [1.165, 1.54) is 12.0 Å². The SMILES string of the molecule is COc1ccc(Cl)cc1N1CC(C(=O)Nc2cc(C)[nH]n2)CC1=O. The molecule has 1 aliphatic rings. The number of methoxy groups -OCH3 is 1. The molecule has 1 aliphatic heterocycles. The van der Waals surface area contributed by atoms with Crippen LogP contribution in [0.3, 0.4) is 0 Å². The van der Waals surface area contributed by atoms with E-state index in [1.807, 2.05) is 6.92 Å². The molecule has 0 radical (unpaired) electrons. The van der Waals surface area contributed by atoms with Gasteiger partial charge in [0.25, 0.3) is 0 Å². The number of aryl methyl sites for hydroxylation is 1. The maximum atomic E-state index is 12.4. The van der Waals surface area contributed by atoms with Crippen molar-refractivity contribution < 1.29 is 14.3 Å². The van der Waals surface area contributed by atoms with Crippen molar-refractivity contribution in [1.82, 2.24) is 10.2 Å². The van der Waals surface area contributed by atoms with Crippen LogP contribution in [0, 0.1) is 12.8 Å². The first-order valence-electron chi connectivity index (χ1n) is 7.44. The average Bonchev–Trinajstić information content (AvgIpc) is 3.13. The molecule has 8 heteroatoms. The minimum atomic E-state index is -0.460. The van der Waals surface area contributed by atoms with Crippen molar-refractivity contribution in [2.75, 3.05) is 23.9 Å². The van der Waals surface area contributed by atoms with Gasteiger partial charge in [-0.3, -0.25) is 14.7 Å². The van der Waals surface area contributed by atoms with E-state index in [-0.39, 0.29) is 24.8 Å². The summed E-state index contributed by atoms with van der Waals surface area (Å²) in [6.07, 6.45) is 0.130. The van der Waals surface area contributed by atoms with E-state index in [1.54, 1.807) is 24.3 Å². The number of nitrogens with zero attached hydrogens (tertiary/aromatic N) is 2. The summed E-state index contributed by atoms with van der Waals surface area (Å²) in [5.41, 5.74) is 1.42. The smallest absolute Gasteiger partial charge is 0.231 e. The van der Waals surface area contributed by atoms with Crippen LogP contribution in [0.25, 0.3) is 0 Å². The minimum Gasteiger partial charge on any atom is -0.495 e. The number of anilines is 2. The molecule has 0 saturated carbocycles. The number of carbonyl (C=O) groups excluding carboxylic acids is 2. The Labute approximate surface area is 143 Å². The van der Waals surface area contributed by atoms with E-state index in [4.69, 9.17) is 16.3 Å². The van der Waals surface area contributed by atoms with E-state index in [0.717, 1.165) is 5.69 Å². The zero-order valence-corrected chi connectivity index (χ0v) is 14.1. The van der Waals surface area contributed by atoms with E-state index >= 15 is 0 Å². The third kappa shape index (κ3) is 3.21. The molecule has 2 heterocycles. The maximum Gasteiger partial charge on any atom is 0.231 e. The first kappa shape index (κ1) is 16.3. The van der Waals surface area contributed by atoms with Gasteiger partial charge in [0.2, 0.25) is 11.8 Å². The van der Waals surface area contributed by atoms with Crippen LogP contribution in [0.2, 0.25) is 5.02 Å². The summed E-state index contributed by atoms with van der Waals surface area (Å²) in [5, 5.41) is 9.94. The van der Waals surface area contributed by atoms with E-state index in [0.29, 0.717) is 22.3 Å². The fraction of sp³-hybridized carbons (Fsp3) is 0.312. The quantitative estimate of drug-likeness (QED) is 0.888. The van der Waals surface area contributed by atoms with Gasteiger partial charge in [0, 0.05) is 29.7 Å². The molecule has 2 N–H and O–H groups in total. The van der Waals surface area contributed by atoms with Crippen LogP contribution in [-0.4, -0.2) is 35.7 Å². The molecule has 1 aromatic carbocycles. The molecule has 1 saturated heterocycles. The number of aromatic amines is 1. The second kappa shape index (κ2) is 6.52. The molecule has 1 unspecified atom stereocenters. The largest absolute Gasteiger partial charge is 0.495 e. The van der Waals surface area contributed by atoms with E-state index in [2.05, 4.69) is 15.5 Å². The third-order valence-electron chi connectivity index (χ3n) is 3.88. The molecule has 7 nitrogen and oxygen atoms in total. The summed E-state index contributed by atoms with van der Waals surface area (Å²) < 4.78 is 5.29. The maximum absolute atomic E-state index is 12.4. The Morgan fingerprint density at radius 3 is 2.92 bits per heavy atom. The molecule has 0 bridgehead atoms. The molecule has 126 valence electrons. The lowest BCUT2D eigenvalue weighted by molar-refractivity contribution is -0.122. The summed E-state index contributed by atoms with van der Waals surface area (Å²) in [6.45, 7) is 2.11. The third-order valence-corrected chi connectivity index (χ3v) is 4.12. The highest BCUT2D eigenvalue weighted by Crippen LogP contribution is 2.35. The summed E-state index contributed by atoms with van der Waals surface area (Å²) in [4.78, 5) is 26.3. The Morgan fingerprint density at radius 1 is 1.46 bits per heavy atom. The van der Waals surface area contributed by atoms with Gasteiger partial charge in [-0.1, -0.05) is 11.6 Å². The average molecular weight is 349 g/mol. The Bertz CT molecular complexity index is 789. The zero-order valence-electron chi connectivity index (χ0n) is 13.3. The van der Waals surface area contributed by atoms with Gasteiger partial charge in [-0.25, -0.2) is 0 Å². The molecule has 24 heavy (non-hydrogen) atoms. The highest BCUT2D eigenvalue weighted by atomic mass is 35.5. The summed E-state index contributed by atoms with van der Waals surface area (Å²) >= 11 is 6.02. The monoisotopic (exact) mass is 348 g/mol. The topological polar surface area (TPSA) is 87.3 Å². The number of halogens is 1. The first-order valence-corrected chi connectivity index (χ1v) is 7.82. The van der Waals surface area contributed by atoms with E-state index < -0.39 is 5.92 Å². The molecule has 1 atom stereocenters. The van der Waals surface area contributed by atoms with Gasteiger partial charge in [-0.05, 0) is 25.1 Å². The van der Waals surface area contributed by atoms with Crippen molar-refractivity contribution in [2.24, 2.45) is 5.92 Å². The summed E-state index contributed by atoms with van der Waals surface area (Å²) in [7, 11) is 1.53. The molecular weight excluding hydrogens is 332 g/mol. The molecular formula is C16H17ClN4O3. The molecule has 0 spiro atoms. The summed E-state index contributed by atoms with van der Waals surface area (Å²) in [5.74, 6) is 0.144. The van der Waals surface area contributed by atoms with Crippen LogP contribution in [-0.2, 0) is 9.59 Å². The molecule has 3 rings (SSSR count). The van der Waals surface area contributed by atoms with Crippen LogP contribution in [0.15, 0.2) is 24.3 Å². The number of nitrogens with one attached hydrogen (secondary N) is 2. The van der Waals surface area contributed by atoms with Gasteiger partial charge in [0.1, 0.15) is 5.75 Å². The van der Waals surface area contributed by atoms with Gasteiger partial charge in [0.15, 0.2) is 5.82 Å². The number of hydrogen-bond donors (Lipinski definition) is 2. The number of ether oxygens (including phenoxy) is 1. The molecule has 0 aliphatic carbocycles. The van der Waals surface area contributed by atoms with Crippen molar-refractivity contribution in [1.29, 1.82) is 0 Å². The molecule has 1 fully saturated rings. The number of aromatic nitrogens is 2. The van der Waals surface area contributed by atoms with Gasteiger partial charge in [-0.2, -0.15) is 5.10 Å². The van der Waals surface area contributed by atoms with Crippen LogP contribution < -0.4 is 15.0 Å². The second-order valence-corrected chi connectivity index (χ2v) is 6.08. The lowest BCUT2D eigenvalue weighted by Crippen LogP contribution is -2.28. The normalized spacial score (nSPS) is 17.2. The number of carbonyl (C=O) groups is 2. The minimum absolute atomic E-state index is 0.130. The Hall–Kier alpha value is -2.54. The molecule has 1 aromatic heterocycles. The lowest BCUT2D eigenvalue weighted by Gasteiger charge is -2.19. The second-order valence-electron chi connectivity index (χ2n) is 5.65. The van der Waals surface area contributed by atoms with Gasteiger partial charge in [-0.15, -0.1) is 0 Å². The number of rotatable bonds is 4. The molecule has 2 amide bonds. The first-order chi connectivity index (χ1) is 11.5. The van der Waals surface area contributed by atoms with Gasteiger partial charge < -0.3 is 15.0 Å². The van der Waals surface area contributed by atoms with Gasteiger partial charge >= 0.3 is 0 Å². The lowest BCUT2D eigenvalue weighted by atomic mass is 10.1. The predicted octanol–water partition coefficient (Wildman–Crippen LogP) is 2.37. The van der Waals surface area contributed by atoms with Crippen molar-refractivity contribution in [3.8, 4) is 5.75 Å². The van der Waals surface area contributed by atoms with Crippen LogP contribution in [0.4, 0.5) is 11.5 Å².